The molecule has 0 fully saturated rings. The van der Waals surface area contributed by atoms with Gasteiger partial charge in [-0.3, -0.25) is 14.4 Å². The van der Waals surface area contributed by atoms with Crippen LogP contribution < -0.4 is 10.3 Å². The number of benzene rings is 2. The van der Waals surface area contributed by atoms with Gasteiger partial charge in [0.05, 0.1) is 17.6 Å². The highest BCUT2D eigenvalue weighted by molar-refractivity contribution is 6.16. The zero-order valence-electron chi connectivity index (χ0n) is 17.8. The summed E-state index contributed by atoms with van der Waals surface area (Å²) in [7, 11) is 3.18. The Kier molecular flexibility index (Phi) is 4.10. The normalized spacial score (nSPS) is 19.6. The number of nitrogens with zero attached hydrogens (tertiary/aromatic N) is 2. The lowest BCUT2D eigenvalue weighted by Crippen LogP contribution is -2.53. The van der Waals surface area contributed by atoms with Gasteiger partial charge in [-0.2, -0.15) is 0 Å². The molecule has 0 radical (unpaired) electrons. The average Bonchev–Trinajstić information content (AvgIpc) is 3.13. The second kappa shape index (κ2) is 6.52. The summed E-state index contributed by atoms with van der Waals surface area (Å²) in [6.07, 6.45) is 0. The maximum absolute atomic E-state index is 13.8. The third-order valence-electron chi connectivity index (χ3n) is 6.50. The molecule has 2 aliphatic heterocycles. The molecule has 0 saturated carbocycles. The molecule has 1 aromatic heterocycles. The van der Waals surface area contributed by atoms with Gasteiger partial charge < -0.3 is 19.0 Å². The molecular weight excluding hydrogens is 396 g/mol. The molecule has 1 unspecified atom stereocenters. The summed E-state index contributed by atoms with van der Waals surface area (Å²) in [6.45, 7) is 4.19. The summed E-state index contributed by atoms with van der Waals surface area (Å²) in [4.78, 5) is 44.1. The first-order valence-corrected chi connectivity index (χ1v) is 10.1. The van der Waals surface area contributed by atoms with E-state index in [0.29, 0.717) is 22.2 Å². The Balaban J connectivity index is 1.93. The van der Waals surface area contributed by atoms with E-state index in [1.165, 1.54) is 16.9 Å². The Morgan fingerprint density at radius 3 is 2.52 bits per heavy atom. The minimum atomic E-state index is -1.57. The van der Waals surface area contributed by atoms with E-state index in [2.05, 4.69) is 0 Å². The molecule has 7 heteroatoms. The minimum Gasteiger partial charge on any atom is -0.450 e. The van der Waals surface area contributed by atoms with Crippen LogP contribution in [-0.4, -0.2) is 44.0 Å². The molecule has 2 aromatic carbocycles. The largest absolute Gasteiger partial charge is 0.450 e. The van der Waals surface area contributed by atoms with Gasteiger partial charge in [-0.1, -0.05) is 18.2 Å². The van der Waals surface area contributed by atoms with E-state index in [1.807, 2.05) is 26.0 Å². The summed E-state index contributed by atoms with van der Waals surface area (Å²) in [5.41, 5.74) is 1.66. The topological polar surface area (TPSA) is 80.1 Å². The summed E-state index contributed by atoms with van der Waals surface area (Å²) < 4.78 is 11.2. The van der Waals surface area contributed by atoms with Crippen LogP contribution in [0.15, 0.2) is 45.6 Å². The van der Waals surface area contributed by atoms with Gasteiger partial charge in [-0.05, 0) is 43.2 Å². The number of likely N-dealkylation sites (N-methyl/N-ethyl adjacent to an activating group) is 1. The number of fused-ring (bicyclic) bond motifs is 5. The van der Waals surface area contributed by atoms with E-state index in [4.69, 9.17) is 9.15 Å². The molecule has 0 aliphatic carbocycles. The van der Waals surface area contributed by atoms with Crippen LogP contribution in [-0.2, 0) is 15.1 Å². The highest BCUT2D eigenvalue weighted by Crippen LogP contribution is 2.51. The fraction of sp³-hybridized carbons (Fsp3) is 0.292. The van der Waals surface area contributed by atoms with E-state index in [0.717, 1.165) is 11.1 Å². The molecule has 1 spiro atoms. The van der Waals surface area contributed by atoms with Crippen LogP contribution in [0.2, 0.25) is 0 Å². The Morgan fingerprint density at radius 2 is 1.77 bits per heavy atom. The Labute approximate surface area is 178 Å². The van der Waals surface area contributed by atoms with Gasteiger partial charge in [0.2, 0.25) is 5.76 Å². The number of aryl methyl sites for hydroxylation is 2. The summed E-state index contributed by atoms with van der Waals surface area (Å²) in [5, 5.41) is 0.363. The quantitative estimate of drug-likeness (QED) is 0.654. The molecule has 0 N–H and O–H groups in total. The Morgan fingerprint density at radius 1 is 1.06 bits per heavy atom. The van der Waals surface area contributed by atoms with Crippen LogP contribution in [0.3, 0.4) is 0 Å². The number of carbonyl (C=O) groups excluding carboxylic acids is 2. The molecule has 7 nitrogen and oxygen atoms in total. The number of anilines is 1. The number of hydrogen-bond donors (Lipinski definition) is 0. The van der Waals surface area contributed by atoms with Crippen molar-refractivity contribution in [2.75, 3.05) is 32.2 Å². The number of methoxy groups -OCH3 is 1. The first kappa shape index (κ1) is 19.5. The van der Waals surface area contributed by atoms with Crippen molar-refractivity contribution in [2.24, 2.45) is 0 Å². The van der Waals surface area contributed by atoms with Gasteiger partial charge in [-0.15, -0.1) is 0 Å². The molecule has 2 amide bonds. The maximum atomic E-state index is 13.8. The van der Waals surface area contributed by atoms with Crippen molar-refractivity contribution in [1.29, 1.82) is 0 Å². The zero-order chi connectivity index (χ0) is 22.1. The highest BCUT2D eigenvalue weighted by atomic mass is 16.5. The third kappa shape index (κ3) is 2.29. The van der Waals surface area contributed by atoms with Crippen molar-refractivity contribution >= 4 is 28.5 Å². The van der Waals surface area contributed by atoms with Gasteiger partial charge in [0.15, 0.2) is 11.0 Å². The lowest BCUT2D eigenvalue weighted by Gasteiger charge is -2.33. The van der Waals surface area contributed by atoms with Crippen LogP contribution in [0, 0.1) is 13.8 Å². The molecule has 2 aliphatic rings. The third-order valence-corrected chi connectivity index (χ3v) is 6.50. The SMILES string of the molecule is COCCN1C(=O)c2oc3cc(C)c(C)cc3c(=O)c2C12C(=O)N(C)c1ccccc12. The number of hydrogen-bond acceptors (Lipinski definition) is 5. The molecule has 0 saturated heterocycles. The molecule has 5 rings (SSSR count). The maximum Gasteiger partial charge on any atom is 0.291 e. The number of rotatable bonds is 3. The van der Waals surface area contributed by atoms with E-state index < -0.39 is 11.4 Å². The lowest BCUT2D eigenvalue weighted by molar-refractivity contribution is -0.126. The second-order valence-corrected chi connectivity index (χ2v) is 8.11. The summed E-state index contributed by atoms with van der Waals surface area (Å²) >= 11 is 0. The van der Waals surface area contributed by atoms with E-state index in [9.17, 15) is 14.4 Å². The standard InChI is InChI=1S/C24H22N2O5/c1-13-11-15-18(12-14(13)2)31-21-19(20(15)27)24(26(22(21)28)9-10-30-4)16-7-5-6-8-17(16)25(3)23(24)29/h5-8,11-12H,9-10H2,1-4H3. The van der Waals surface area contributed by atoms with E-state index in [1.54, 1.807) is 31.3 Å². The first-order valence-electron chi connectivity index (χ1n) is 10.1. The fourth-order valence-corrected chi connectivity index (χ4v) is 4.83. The Bertz CT molecular complexity index is 1340. The van der Waals surface area contributed by atoms with Crippen LogP contribution in [0.1, 0.15) is 32.8 Å². The molecule has 1 atom stereocenters. The van der Waals surface area contributed by atoms with Crippen molar-refractivity contribution < 1.29 is 18.7 Å². The van der Waals surface area contributed by atoms with Gasteiger partial charge in [-0.25, -0.2) is 0 Å². The van der Waals surface area contributed by atoms with Gasteiger partial charge in [0, 0.05) is 32.0 Å². The van der Waals surface area contributed by atoms with Crippen LogP contribution >= 0.6 is 0 Å². The predicted molar refractivity (Wildman–Crippen MR) is 116 cm³/mol. The minimum absolute atomic E-state index is 0.0738. The van der Waals surface area contributed by atoms with Crippen molar-refractivity contribution in [3.63, 3.8) is 0 Å². The zero-order valence-corrected chi connectivity index (χ0v) is 17.8. The van der Waals surface area contributed by atoms with Crippen molar-refractivity contribution in [3.8, 4) is 0 Å². The number of para-hydroxylation sites is 1. The van der Waals surface area contributed by atoms with Crippen molar-refractivity contribution in [2.45, 2.75) is 19.4 Å². The molecule has 3 heterocycles. The van der Waals surface area contributed by atoms with Crippen molar-refractivity contribution in [3.05, 3.63) is 74.6 Å². The fourth-order valence-electron chi connectivity index (χ4n) is 4.83. The lowest BCUT2D eigenvalue weighted by atomic mass is 9.84. The summed E-state index contributed by atoms with van der Waals surface area (Å²) in [5.74, 6) is -0.912. The van der Waals surface area contributed by atoms with E-state index in [-0.39, 0.29) is 35.8 Å². The van der Waals surface area contributed by atoms with E-state index >= 15 is 0 Å². The average molecular weight is 418 g/mol. The molecule has 31 heavy (non-hydrogen) atoms. The molecular formula is C24H22N2O5. The highest BCUT2D eigenvalue weighted by Gasteiger charge is 2.64. The number of amides is 2. The first-order chi connectivity index (χ1) is 14.8. The second-order valence-electron chi connectivity index (χ2n) is 8.11. The van der Waals surface area contributed by atoms with Crippen LogP contribution in [0.25, 0.3) is 11.0 Å². The summed E-state index contributed by atoms with van der Waals surface area (Å²) in [6, 6.07) is 10.8. The molecule has 0 bridgehead atoms. The number of carbonyl (C=O) groups is 2. The van der Waals surface area contributed by atoms with Crippen molar-refractivity contribution in [1.82, 2.24) is 4.90 Å². The van der Waals surface area contributed by atoms with Gasteiger partial charge >= 0.3 is 0 Å². The predicted octanol–water partition coefficient (Wildman–Crippen LogP) is 2.73. The van der Waals surface area contributed by atoms with Crippen LogP contribution in [0.4, 0.5) is 5.69 Å². The van der Waals surface area contributed by atoms with Crippen LogP contribution in [0.5, 0.6) is 0 Å². The number of ether oxygens (including phenoxy) is 1. The monoisotopic (exact) mass is 418 g/mol. The Hall–Kier alpha value is -3.45. The van der Waals surface area contributed by atoms with Gasteiger partial charge in [0.1, 0.15) is 5.58 Å². The molecule has 158 valence electrons. The van der Waals surface area contributed by atoms with Gasteiger partial charge in [0.25, 0.3) is 11.8 Å². The molecule has 3 aromatic rings. The smallest absolute Gasteiger partial charge is 0.291 e.